The first-order valence-corrected chi connectivity index (χ1v) is 5.88. The van der Waals surface area contributed by atoms with Gasteiger partial charge in [-0.2, -0.15) is 0 Å². The van der Waals surface area contributed by atoms with Crippen LogP contribution in [0.3, 0.4) is 0 Å². The van der Waals surface area contributed by atoms with E-state index in [-0.39, 0.29) is 30.2 Å². The van der Waals surface area contributed by atoms with Gasteiger partial charge in [-0.05, 0) is 18.2 Å². The van der Waals surface area contributed by atoms with Crippen LogP contribution in [0.1, 0.15) is 16.8 Å². The number of rotatable bonds is 3. The summed E-state index contributed by atoms with van der Waals surface area (Å²) < 4.78 is 4.60. The average Bonchev–Trinajstić information content (AvgIpc) is 2.80. The topological polar surface area (TPSA) is 104 Å². The number of esters is 1. The van der Waals surface area contributed by atoms with Crippen molar-refractivity contribution in [3.05, 3.63) is 23.8 Å². The van der Waals surface area contributed by atoms with Crippen molar-refractivity contribution in [2.75, 3.05) is 18.6 Å². The van der Waals surface area contributed by atoms with Gasteiger partial charge in [0.1, 0.15) is 11.3 Å². The fourth-order valence-electron chi connectivity index (χ4n) is 2.14. The Bertz CT molecular complexity index is 582. The van der Waals surface area contributed by atoms with Gasteiger partial charge in [0.15, 0.2) is 0 Å². The summed E-state index contributed by atoms with van der Waals surface area (Å²) in [5, 5.41) is 18.4. The number of methoxy groups -OCH3 is 1. The molecule has 20 heavy (non-hydrogen) atoms. The van der Waals surface area contributed by atoms with Gasteiger partial charge >= 0.3 is 11.9 Å². The van der Waals surface area contributed by atoms with Crippen molar-refractivity contribution in [1.29, 1.82) is 0 Å². The first kappa shape index (κ1) is 13.9. The Hall–Kier alpha value is -2.57. The van der Waals surface area contributed by atoms with Gasteiger partial charge in [0.25, 0.3) is 0 Å². The maximum absolute atomic E-state index is 11.9. The minimum Gasteiger partial charge on any atom is -0.507 e. The van der Waals surface area contributed by atoms with E-state index in [1.165, 1.54) is 30.2 Å². The molecule has 106 valence electrons. The van der Waals surface area contributed by atoms with E-state index in [9.17, 15) is 19.5 Å². The third-order valence-corrected chi connectivity index (χ3v) is 3.18. The normalized spacial score (nSPS) is 18.1. The first-order chi connectivity index (χ1) is 9.43. The highest BCUT2D eigenvalue weighted by Crippen LogP contribution is 2.29. The summed E-state index contributed by atoms with van der Waals surface area (Å²) in [6.07, 6.45) is 0.0238. The standard InChI is InChI=1S/C13H13NO6/c1-20-13(19)7-4-11(16)14(6-7)8-2-3-10(15)9(5-8)12(17)18/h2-3,5,7,15H,4,6H2,1H3,(H,17,18). The molecule has 1 aromatic rings. The third-order valence-electron chi connectivity index (χ3n) is 3.18. The summed E-state index contributed by atoms with van der Waals surface area (Å²) in [6, 6.07) is 3.84. The van der Waals surface area contributed by atoms with E-state index < -0.39 is 17.9 Å². The molecule has 1 aliphatic heterocycles. The van der Waals surface area contributed by atoms with Gasteiger partial charge in [-0.1, -0.05) is 0 Å². The molecule has 7 nitrogen and oxygen atoms in total. The molecule has 0 aliphatic carbocycles. The summed E-state index contributed by atoms with van der Waals surface area (Å²) in [5.74, 6) is -2.99. The molecule has 1 atom stereocenters. The van der Waals surface area contributed by atoms with Crippen LogP contribution in [-0.4, -0.2) is 41.7 Å². The average molecular weight is 279 g/mol. The third kappa shape index (κ3) is 2.42. The van der Waals surface area contributed by atoms with Crippen LogP contribution in [0.25, 0.3) is 0 Å². The molecule has 2 rings (SSSR count). The van der Waals surface area contributed by atoms with Gasteiger partial charge in [-0.15, -0.1) is 0 Å². The van der Waals surface area contributed by atoms with E-state index in [4.69, 9.17) is 5.11 Å². The Morgan fingerprint density at radius 2 is 2.10 bits per heavy atom. The second kappa shape index (κ2) is 5.20. The molecular weight excluding hydrogens is 266 g/mol. The van der Waals surface area contributed by atoms with E-state index in [0.29, 0.717) is 5.69 Å². The van der Waals surface area contributed by atoms with Gasteiger partial charge in [0.2, 0.25) is 5.91 Å². The maximum atomic E-state index is 11.9. The SMILES string of the molecule is COC(=O)C1CC(=O)N(c2ccc(O)c(C(=O)O)c2)C1. The van der Waals surface area contributed by atoms with Crippen molar-refractivity contribution in [2.45, 2.75) is 6.42 Å². The molecule has 1 fully saturated rings. The summed E-state index contributed by atoms with van der Waals surface area (Å²) in [5.41, 5.74) is 0.0356. The molecule has 0 aromatic heterocycles. The zero-order valence-corrected chi connectivity index (χ0v) is 10.7. The van der Waals surface area contributed by atoms with E-state index in [0.717, 1.165) is 0 Å². The van der Waals surface area contributed by atoms with Crippen LogP contribution in [0.15, 0.2) is 18.2 Å². The van der Waals surface area contributed by atoms with Crippen molar-refractivity contribution in [2.24, 2.45) is 5.92 Å². The number of carboxylic acids is 1. The first-order valence-electron chi connectivity index (χ1n) is 5.88. The fraction of sp³-hybridized carbons (Fsp3) is 0.308. The number of amides is 1. The molecule has 1 aliphatic rings. The number of hydrogen-bond donors (Lipinski definition) is 2. The number of carbonyl (C=O) groups excluding carboxylic acids is 2. The van der Waals surface area contributed by atoms with Crippen molar-refractivity contribution in [3.63, 3.8) is 0 Å². The highest BCUT2D eigenvalue weighted by atomic mass is 16.5. The van der Waals surface area contributed by atoms with Crippen LogP contribution in [0.4, 0.5) is 5.69 Å². The van der Waals surface area contributed by atoms with Crippen molar-refractivity contribution in [1.82, 2.24) is 0 Å². The van der Waals surface area contributed by atoms with Crippen molar-refractivity contribution < 1.29 is 29.3 Å². The van der Waals surface area contributed by atoms with Crippen LogP contribution >= 0.6 is 0 Å². The Labute approximate surface area is 114 Å². The van der Waals surface area contributed by atoms with E-state index in [1.54, 1.807) is 0 Å². The smallest absolute Gasteiger partial charge is 0.339 e. The van der Waals surface area contributed by atoms with Gasteiger partial charge < -0.3 is 19.8 Å². The lowest BCUT2D eigenvalue weighted by Crippen LogP contribution is -2.26. The summed E-state index contributed by atoms with van der Waals surface area (Å²) in [6.45, 7) is 0.134. The summed E-state index contributed by atoms with van der Waals surface area (Å²) >= 11 is 0. The quantitative estimate of drug-likeness (QED) is 0.786. The fourth-order valence-corrected chi connectivity index (χ4v) is 2.14. The van der Waals surface area contributed by atoms with Gasteiger partial charge in [0.05, 0.1) is 13.0 Å². The Morgan fingerprint density at radius 1 is 1.40 bits per heavy atom. The number of anilines is 1. The minimum absolute atomic E-state index is 0.0238. The molecule has 0 radical (unpaired) electrons. The number of carbonyl (C=O) groups is 3. The van der Waals surface area contributed by atoms with Crippen molar-refractivity contribution in [3.8, 4) is 5.75 Å². The number of ether oxygens (including phenoxy) is 1. The molecule has 1 aromatic carbocycles. The van der Waals surface area contributed by atoms with E-state index >= 15 is 0 Å². The van der Waals surface area contributed by atoms with Crippen LogP contribution < -0.4 is 4.90 Å². The molecule has 1 unspecified atom stereocenters. The van der Waals surface area contributed by atoms with Crippen LogP contribution in [-0.2, 0) is 14.3 Å². The van der Waals surface area contributed by atoms with Crippen LogP contribution in [0, 0.1) is 5.92 Å². The Morgan fingerprint density at radius 3 is 2.70 bits per heavy atom. The number of carboxylic acid groups (broad SMARTS) is 1. The largest absolute Gasteiger partial charge is 0.507 e. The zero-order valence-electron chi connectivity index (χ0n) is 10.7. The number of benzene rings is 1. The molecule has 0 saturated carbocycles. The second-order valence-electron chi connectivity index (χ2n) is 4.44. The predicted octanol–water partition coefficient (Wildman–Crippen LogP) is 0.616. The second-order valence-corrected chi connectivity index (χ2v) is 4.44. The van der Waals surface area contributed by atoms with Crippen LogP contribution in [0.2, 0.25) is 0 Å². The highest BCUT2D eigenvalue weighted by molar-refractivity contribution is 6.01. The maximum Gasteiger partial charge on any atom is 0.339 e. The van der Waals surface area contributed by atoms with Crippen LogP contribution in [0.5, 0.6) is 5.75 Å². The molecule has 0 bridgehead atoms. The predicted molar refractivity (Wildman–Crippen MR) is 67.5 cm³/mol. The minimum atomic E-state index is -1.29. The lowest BCUT2D eigenvalue weighted by atomic mass is 10.1. The molecule has 7 heteroatoms. The highest BCUT2D eigenvalue weighted by Gasteiger charge is 2.36. The Kier molecular flexibility index (Phi) is 3.60. The van der Waals surface area contributed by atoms with Gasteiger partial charge in [-0.25, -0.2) is 4.79 Å². The molecule has 2 N–H and O–H groups in total. The summed E-state index contributed by atoms with van der Waals surface area (Å²) in [4.78, 5) is 35.6. The zero-order chi connectivity index (χ0) is 14.9. The lowest BCUT2D eigenvalue weighted by molar-refractivity contribution is -0.145. The molecule has 1 amide bonds. The molecule has 1 saturated heterocycles. The molecule has 1 heterocycles. The number of aromatic carboxylic acids is 1. The van der Waals surface area contributed by atoms with Gasteiger partial charge in [-0.3, -0.25) is 9.59 Å². The van der Waals surface area contributed by atoms with Crippen molar-refractivity contribution >= 4 is 23.5 Å². The Balaban J connectivity index is 2.28. The number of hydrogen-bond acceptors (Lipinski definition) is 5. The van der Waals surface area contributed by atoms with E-state index in [1.807, 2.05) is 0 Å². The van der Waals surface area contributed by atoms with Gasteiger partial charge in [0, 0.05) is 18.7 Å². The lowest BCUT2D eigenvalue weighted by Gasteiger charge is -2.17. The summed E-state index contributed by atoms with van der Waals surface area (Å²) in [7, 11) is 1.25. The molecule has 0 spiro atoms. The molecular formula is C13H13NO6. The monoisotopic (exact) mass is 279 g/mol. The number of nitrogens with zero attached hydrogens (tertiary/aromatic N) is 1. The number of aromatic hydroxyl groups is 1. The number of phenols is 1. The van der Waals surface area contributed by atoms with E-state index in [2.05, 4.69) is 4.74 Å².